The van der Waals surface area contributed by atoms with E-state index in [9.17, 15) is 4.79 Å². The molecule has 4 heteroatoms. The minimum absolute atomic E-state index is 0.0841. The highest BCUT2D eigenvalue weighted by molar-refractivity contribution is 6.30. The number of halogens is 1. The maximum Gasteiger partial charge on any atom is 0.329 e. The van der Waals surface area contributed by atoms with Crippen molar-refractivity contribution in [3.8, 4) is 17.0 Å². The molecule has 0 saturated heterocycles. The number of hydrogen-bond donors (Lipinski definition) is 0. The van der Waals surface area contributed by atoms with E-state index in [1.165, 1.54) is 18.4 Å². The molecule has 0 N–H and O–H groups in total. The number of ether oxygens (including phenoxy) is 1. The number of aromatic nitrogens is 1. The first kappa shape index (κ1) is 21.4. The molecule has 2 aromatic rings. The van der Waals surface area contributed by atoms with Crippen LogP contribution in [0, 0.1) is 11.8 Å². The number of rotatable bonds is 9. The van der Waals surface area contributed by atoms with Crippen LogP contribution >= 0.6 is 11.6 Å². The second-order valence-corrected chi connectivity index (χ2v) is 7.80. The Morgan fingerprint density at radius 2 is 1.81 bits per heavy atom. The van der Waals surface area contributed by atoms with E-state index >= 15 is 0 Å². The quantitative estimate of drug-likeness (QED) is 0.288. The zero-order chi connectivity index (χ0) is 19.8. The predicted octanol–water partition coefficient (Wildman–Crippen LogP) is 6.29. The molecule has 0 saturated carbocycles. The molecule has 2 rings (SSSR count). The fraction of sp³-hybridized carbons (Fsp3) is 0.478. The van der Waals surface area contributed by atoms with Gasteiger partial charge in [0.15, 0.2) is 0 Å². The van der Waals surface area contributed by atoms with Gasteiger partial charge in [0.2, 0.25) is 0 Å². The van der Waals surface area contributed by atoms with E-state index < -0.39 is 11.3 Å². The van der Waals surface area contributed by atoms with E-state index in [0.29, 0.717) is 5.75 Å². The first-order chi connectivity index (χ1) is 12.9. The second kappa shape index (κ2) is 10.5. The summed E-state index contributed by atoms with van der Waals surface area (Å²) >= 11 is 6.15. The summed E-state index contributed by atoms with van der Waals surface area (Å²) in [5, 5.41) is -0.626. The highest BCUT2D eigenvalue weighted by Gasteiger charge is 2.23. The zero-order valence-electron chi connectivity index (χ0n) is 16.7. The lowest BCUT2D eigenvalue weighted by Gasteiger charge is -2.15. The third-order valence-corrected chi connectivity index (χ3v) is 5.79. The lowest BCUT2D eigenvalue weighted by Crippen LogP contribution is -2.26. The van der Waals surface area contributed by atoms with Crippen molar-refractivity contribution >= 4 is 17.6 Å². The normalized spacial score (nSPS) is 14.4. The highest BCUT2D eigenvalue weighted by atomic mass is 35.5. The monoisotopic (exact) mass is 387 g/mol. The van der Waals surface area contributed by atoms with E-state index in [1.54, 1.807) is 12.1 Å². The smallest absolute Gasteiger partial charge is 0.329 e. The van der Waals surface area contributed by atoms with Crippen molar-refractivity contribution < 1.29 is 9.53 Å². The molecule has 0 radical (unpaired) electrons. The van der Waals surface area contributed by atoms with Gasteiger partial charge in [-0.3, -0.25) is 9.78 Å². The van der Waals surface area contributed by atoms with Gasteiger partial charge in [-0.1, -0.05) is 40.5 Å². The summed E-state index contributed by atoms with van der Waals surface area (Å²) in [6.45, 7) is 8.47. The molecule has 0 amide bonds. The van der Waals surface area contributed by atoms with Crippen LogP contribution in [0.2, 0.25) is 0 Å². The second-order valence-electron chi connectivity index (χ2n) is 7.33. The van der Waals surface area contributed by atoms with Crippen molar-refractivity contribution in [2.24, 2.45) is 11.8 Å². The molecule has 0 aliphatic carbocycles. The van der Waals surface area contributed by atoms with E-state index in [2.05, 4.69) is 31.0 Å². The van der Waals surface area contributed by atoms with Crippen LogP contribution < -0.4 is 4.74 Å². The third kappa shape index (κ3) is 6.35. The molecular weight excluding hydrogens is 358 g/mol. The average molecular weight is 388 g/mol. The number of esters is 1. The average Bonchev–Trinajstić information content (AvgIpc) is 2.71. The van der Waals surface area contributed by atoms with Crippen LogP contribution in [0.1, 0.15) is 52.5 Å². The highest BCUT2D eigenvalue weighted by Crippen LogP contribution is 2.24. The largest absolute Gasteiger partial charge is 0.425 e. The molecule has 1 aromatic heterocycles. The SMILES string of the molecule is CCC(C)CCc1ccnc(-c2ccc(OC(=O)[C@@H](Cl)[C@@H](C)CC)cc2)c1. The predicted molar refractivity (Wildman–Crippen MR) is 112 cm³/mol. The standard InChI is InChI=1S/C23H30ClNO2/c1-5-16(3)7-8-18-13-14-25-21(15-18)19-9-11-20(12-10-19)27-23(26)22(24)17(4)6-2/h9-17,22H,5-8H2,1-4H3/t16?,17-,22-/m0/s1. The molecule has 146 valence electrons. The minimum Gasteiger partial charge on any atom is -0.425 e. The molecule has 1 unspecified atom stereocenters. The molecule has 0 aliphatic heterocycles. The van der Waals surface area contributed by atoms with Crippen molar-refractivity contribution in [3.63, 3.8) is 0 Å². The van der Waals surface area contributed by atoms with Gasteiger partial charge in [0.1, 0.15) is 11.1 Å². The summed E-state index contributed by atoms with van der Waals surface area (Å²) in [6.07, 6.45) is 6.15. The number of benzene rings is 1. The van der Waals surface area contributed by atoms with Gasteiger partial charge in [0.05, 0.1) is 5.69 Å². The summed E-state index contributed by atoms with van der Waals surface area (Å²) in [5.41, 5.74) is 3.24. The van der Waals surface area contributed by atoms with Gasteiger partial charge in [-0.15, -0.1) is 11.6 Å². The maximum absolute atomic E-state index is 12.1. The molecule has 0 fully saturated rings. The van der Waals surface area contributed by atoms with E-state index in [1.807, 2.05) is 32.2 Å². The Labute approximate surface area is 168 Å². The Morgan fingerprint density at radius 3 is 2.44 bits per heavy atom. The number of nitrogens with zero attached hydrogens (tertiary/aromatic N) is 1. The topological polar surface area (TPSA) is 39.2 Å². The Balaban J connectivity index is 2.03. The van der Waals surface area contributed by atoms with Gasteiger partial charge < -0.3 is 4.74 Å². The number of carbonyl (C=O) groups is 1. The van der Waals surface area contributed by atoms with Crippen molar-refractivity contribution in [1.29, 1.82) is 0 Å². The van der Waals surface area contributed by atoms with Gasteiger partial charge >= 0.3 is 5.97 Å². The van der Waals surface area contributed by atoms with Crippen molar-refractivity contribution in [3.05, 3.63) is 48.2 Å². The van der Waals surface area contributed by atoms with E-state index in [4.69, 9.17) is 16.3 Å². The van der Waals surface area contributed by atoms with Gasteiger partial charge in [0, 0.05) is 11.8 Å². The lowest BCUT2D eigenvalue weighted by atomic mass is 9.98. The number of hydrogen-bond acceptors (Lipinski definition) is 3. The molecule has 0 spiro atoms. The van der Waals surface area contributed by atoms with Crippen molar-refractivity contribution in [2.45, 2.75) is 58.8 Å². The van der Waals surface area contributed by atoms with Gasteiger partial charge in [0.25, 0.3) is 0 Å². The maximum atomic E-state index is 12.1. The van der Waals surface area contributed by atoms with Gasteiger partial charge in [-0.05, 0) is 66.6 Å². The summed E-state index contributed by atoms with van der Waals surface area (Å²) in [4.78, 5) is 16.6. The minimum atomic E-state index is -0.626. The van der Waals surface area contributed by atoms with E-state index in [-0.39, 0.29) is 5.92 Å². The van der Waals surface area contributed by atoms with Crippen LogP contribution in [-0.4, -0.2) is 16.3 Å². The van der Waals surface area contributed by atoms with Crippen LogP contribution in [0.25, 0.3) is 11.3 Å². The molecule has 3 nitrogen and oxygen atoms in total. The fourth-order valence-electron chi connectivity index (χ4n) is 2.71. The van der Waals surface area contributed by atoms with Crippen LogP contribution in [0.15, 0.2) is 42.6 Å². The number of carbonyl (C=O) groups excluding carboxylic acids is 1. The molecule has 0 bridgehead atoms. The summed E-state index contributed by atoms with van der Waals surface area (Å²) in [6, 6.07) is 11.7. The number of pyridine rings is 1. The third-order valence-electron chi connectivity index (χ3n) is 5.18. The summed E-state index contributed by atoms with van der Waals surface area (Å²) in [7, 11) is 0. The number of alkyl halides is 1. The molecule has 1 heterocycles. The molecule has 27 heavy (non-hydrogen) atoms. The molecule has 0 aliphatic rings. The van der Waals surface area contributed by atoms with Crippen LogP contribution in [0.4, 0.5) is 0 Å². The Bertz CT molecular complexity index is 729. The fourth-order valence-corrected chi connectivity index (χ4v) is 2.93. The molecule has 1 aromatic carbocycles. The van der Waals surface area contributed by atoms with Crippen LogP contribution in [-0.2, 0) is 11.2 Å². The Morgan fingerprint density at radius 1 is 1.11 bits per heavy atom. The first-order valence-corrected chi connectivity index (χ1v) is 10.3. The molecular formula is C23H30ClNO2. The van der Waals surface area contributed by atoms with Crippen molar-refractivity contribution in [2.75, 3.05) is 0 Å². The van der Waals surface area contributed by atoms with Gasteiger partial charge in [-0.2, -0.15) is 0 Å². The van der Waals surface area contributed by atoms with Crippen molar-refractivity contribution in [1.82, 2.24) is 4.98 Å². The number of aryl methyl sites for hydroxylation is 1. The van der Waals surface area contributed by atoms with Crippen LogP contribution in [0.5, 0.6) is 5.75 Å². The zero-order valence-corrected chi connectivity index (χ0v) is 17.5. The van der Waals surface area contributed by atoms with E-state index in [0.717, 1.165) is 30.0 Å². The Kier molecular flexibility index (Phi) is 8.30. The Hall–Kier alpha value is -1.87. The summed E-state index contributed by atoms with van der Waals surface area (Å²) in [5.74, 6) is 0.923. The summed E-state index contributed by atoms with van der Waals surface area (Å²) < 4.78 is 5.40. The molecule has 3 atom stereocenters. The lowest BCUT2D eigenvalue weighted by molar-refractivity contribution is -0.134. The first-order valence-electron chi connectivity index (χ1n) is 9.85. The van der Waals surface area contributed by atoms with Crippen LogP contribution in [0.3, 0.4) is 0 Å². The van der Waals surface area contributed by atoms with Gasteiger partial charge in [-0.25, -0.2) is 0 Å².